The number of carbonyl (C=O) groups is 1. The molecular formula is C21H27N3O. The number of carbonyl (C=O) groups excluding carboxylic acids is 1. The van der Waals surface area contributed by atoms with Crippen LogP contribution in [0.1, 0.15) is 57.3 Å². The summed E-state index contributed by atoms with van der Waals surface area (Å²) in [7, 11) is 0. The molecule has 25 heavy (non-hydrogen) atoms. The predicted octanol–water partition coefficient (Wildman–Crippen LogP) is 4.57. The molecule has 2 aliphatic rings. The summed E-state index contributed by atoms with van der Waals surface area (Å²) in [5.74, 6) is 2.00. The molecule has 4 nitrogen and oxygen atoms in total. The van der Waals surface area contributed by atoms with Crippen LogP contribution in [0.15, 0.2) is 36.5 Å². The number of nitrogens with one attached hydrogen (secondary N) is 1. The smallest absolute Gasteiger partial charge is 0.226 e. The van der Waals surface area contributed by atoms with E-state index in [2.05, 4.69) is 28.9 Å². The summed E-state index contributed by atoms with van der Waals surface area (Å²) in [6.07, 6.45) is 8.95. The van der Waals surface area contributed by atoms with Crippen molar-refractivity contribution in [2.24, 2.45) is 11.8 Å². The van der Waals surface area contributed by atoms with Crippen LogP contribution in [0.2, 0.25) is 0 Å². The van der Waals surface area contributed by atoms with Crippen LogP contribution in [0.25, 0.3) is 11.3 Å². The molecule has 1 saturated carbocycles. The number of hydrogen-bond acceptors (Lipinski definition) is 2. The molecule has 4 heteroatoms. The summed E-state index contributed by atoms with van der Waals surface area (Å²) in [6.45, 7) is 2.98. The number of piperidine rings is 1. The third kappa shape index (κ3) is 3.22. The Balaban J connectivity index is 1.55. The Labute approximate surface area is 149 Å². The van der Waals surface area contributed by atoms with Gasteiger partial charge in [-0.25, -0.2) is 4.98 Å². The Hall–Kier alpha value is -2.10. The van der Waals surface area contributed by atoms with Crippen LogP contribution in [0, 0.1) is 11.8 Å². The van der Waals surface area contributed by atoms with Crippen LogP contribution in [-0.4, -0.2) is 27.3 Å². The lowest BCUT2D eigenvalue weighted by molar-refractivity contribution is -0.142. The molecule has 2 aromatic rings. The number of imidazole rings is 1. The molecule has 1 aromatic carbocycles. The van der Waals surface area contributed by atoms with Crippen molar-refractivity contribution in [3.05, 3.63) is 42.4 Å². The number of nitrogens with zero attached hydrogens (tertiary/aromatic N) is 2. The van der Waals surface area contributed by atoms with Crippen molar-refractivity contribution >= 4 is 5.91 Å². The molecule has 1 saturated heterocycles. The van der Waals surface area contributed by atoms with E-state index in [9.17, 15) is 4.79 Å². The highest BCUT2D eigenvalue weighted by Crippen LogP contribution is 2.37. The minimum Gasteiger partial charge on any atom is -0.346 e. The minimum absolute atomic E-state index is 0.0984. The third-order valence-corrected chi connectivity index (χ3v) is 6.02. The van der Waals surface area contributed by atoms with Crippen LogP contribution >= 0.6 is 0 Å². The third-order valence-electron chi connectivity index (χ3n) is 6.02. The number of aromatic nitrogens is 2. The summed E-state index contributed by atoms with van der Waals surface area (Å²) in [6, 6.07) is 10.3. The first kappa shape index (κ1) is 16.4. The Morgan fingerprint density at radius 3 is 2.68 bits per heavy atom. The zero-order valence-corrected chi connectivity index (χ0v) is 14.9. The van der Waals surface area contributed by atoms with Crippen LogP contribution in [0.3, 0.4) is 0 Å². The standard InChI is InChI=1S/C21H27N3O/c1-15(16-10-7-11-16)21(25)24-13-6-5-12-19(24)20-22-14-18(23-20)17-8-3-2-4-9-17/h2-4,8-9,14-16,19H,5-7,10-13H2,1H3,(H,22,23). The monoisotopic (exact) mass is 337 g/mol. The van der Waals surface area contributed by atoms with Gasteiger partial charge >= 0.3 is 0 Å². The second kappa shape index (κ2) is 7.03. The maximum Gasteiger partial charge on any atom is 0.226 e. The van der Waals surface area contributed by atoms with Crippen molar-refractivity contribution in [2.45, 2.75) is 51.5 Å². The maximum absolute atomic E-state index is 13.1. The summed E-state index contributed by atoms with van der Waals surface area (Å²) in [5, 5.41) is 0. The summed E-state index contributed by atoms with van der Waals surface area (Å²) in [5.41, 5.74) is 2.07. The molecule has 1 aliphatic heterocycles. The predicted molar refractivity (Wildman–Crippen MR) is 98.8 cm³/mol. The van der Waals surface area contributed by atoms with Crippen molar-refractivity contribution in [3.8, 4) is 11.3 Å². The lowest BCUT2D eigenvalue weighted by Crippen LogP contribution is -2.44. The van der Waals surface area contributed by atoms with Gasteiger partial charge in [-0.05, 0) is 38.0 Å². The fourth-order valence-corrected chi connectivity index (χ4v) is 4.15. The first-order valence-corrected chi connectivity index (χ1v) is 9.65. The molecule has 2 unspecified atom stereocenters. The van der Waals surface area contributed by atoms with Gasteiger partial charge in [-0.15, -0.1) is 0 Å². The van der Waals surface area contributed by atoms with Gasteiger partial charge in [0.05, 0.1) is 11.7 Å². The molecule has 2 heterocycles. The molecule has 2 fully saturated rings. The highest BCUT2D eigenvalue weighted by molar-refractivity contribution is 5.79. The van der Waals surface area contributed by atoms with E-state index in [-0.39, 0.29) is 12.0 Å². The number of amides is 1. The van der Waals surface area contributed by atoms with Crippen molar-refractivity contribution < 1.29 is 4.79 Å². The van der Waals surface area contributed by atoms with Gasteiger partial charge in [0.2, 0.25) is 5.91 Å². The topological polar surface area (TPSA) is 49.0 Å². The average molecular weight is 337 g/mol. The maximum atomic E-state index is 13.1. The first-order chi connectivity index (χ1) is 12.2. The molecule has 1 aliphatic carbocycles. The summed E-state index contributed by atoms with van der Waals surface area (Å²) < 4.78 is 0. The highest BCUT2D eigenvalue weighted by atomic mass is 16.2. The molecule has 2 atom stereocenters. The Morgan fingerprint density at radius 1 is 1.16 bits per heavy atom. The normalized spacial score (nSPS) is 22.4. The quantitative estimate of drug-likeness (QED) is 0.888. The molecule has 132 valence electrons. The SMILES string of the molecule is CC(C(=O)N1CCCCC1c1nc(-c2ccccc2)c[nH]1)C1CCC1. The van der Waals surface area contributed by atoms with E-state index >= 15 is 0 Å². The van der Waals surface area contributed by atoms with Crippen LogP contribution in [0.4, 0.5) is 0 Å². The Bertz CT molecular complexity index is 720. The number of aromatic amines is 1. The molecule has 1 amide bonds. The molecule has 1 N–H and O–H groups in total. The first-order valence-electron chi connectivity index (χ1n) is 9.65. The molecule has 4 rings (SSSR count). The van der Waals surface area contributed by atoms with E-state index < -0.39 is 0 Å². The Morgan fingerprint density at radius 2 is 1.96 bits per heavy atom. The lowest BCUT2D eigenvalue weighted by atomic mass is 9.76. The average Bonchev–Trinajstić information content (AvgIpc) is 3.10. The summed E-state index contributed by atoms with van der Waals surface area (Å²) in [4.78, 5) is 23.4. The number of hydrogen-bond donors (Lipinski definition) is 1. The fraction of sp³-hybridized carbons (Fsp3) is 0.524. The molecular weight excluding hydrogens is 310 g/mol. The summed E-state index contributed by atoms with van der Waals surface area (Å²) >= 11 is 0. The zero-order valence-electron chi connectivity index (χ0n) is 14.9. The van der Waals surface area contributed by atoms with E-state index in [1.54, 1.807) is 0 Å². The van der Waals surface area contributed by atoms with Crippen molar-refractivity contribution in [2.75, 3.05) is 6.54 Å². The second-order valence-corrected chi connectivity index (χ2v) is 7.56. The van der Waals surface area contributed by atoms with E-state index in [1.807, 2.05) is 24.4 Å². The fourth-order valence-electron chi connectivity index (χ4n) is 4.15. The van der Waals surface area contributed by atoms with Gasteiger partial charge in [0.25, 0.3) is 0 Å². The van der Waals surface area contributed by atoms with E-state index in [1.165, 1.54) is 19.3 Å². The second-order valence-electron chi connectivity index (χ2n) is 7.56. The number of benzene rings is 1. The van der Waals surface area contributed by atoms with Gasteiger partial charge in [-0.3, -0.25) is 4.79 Å². The molecule has 1 aromatic heterocycles. The van der Waals surface area contributed by atoms with Crippen molar-refractivity contribution in [1.82, 2.24) is 14.9 Å². The molecule has 0 bridgehead atoms. The van der Waals surface area contributed by atoms with Gasteiger partial charge in [-0.1, -0.05) is 43.7 Å². The van der Waals surface area contributed by atoms with Crippen LogP contribution < -0.4 is 0 Å². The van der Waals surface area contributed by atoms with Gasteiger partial charge in [-0.2, -0.15) is 0 Å². The van der Waals surface area contributed by atoms with Crippen molar-refractivity contribution in [3.63, 3.8) is 0 Å². The van der Waals surface area contributed by atoms with Gasteiger partial charge in [0.15, 0.2) is 0 Å². The van der Waals surface area contributed by atoms with E-state index in [4.69, 9.17) is 4.98 Å². The van der Waals surface area contributed by atoms with Crippen LogP contribution in [0.5, 0.6) is 0 Å². The number of likely N-dealkylation sites (tertiary alicyclic amines) is 1. The zero-order chi connectivity index (χ0) is 17.2. The lowest BCUT2D eigenvalue weighted by Gasteiger charge is -2.39. The highest BCUT2D eigenvalue weighted by Gasteiger charge is 2.36. The van der Waals surface area contributed by atoms with E-state index in [0.717, 1.165) is 42.9 Å². The molecule has 0 radical (unpaired) electrons. The van der Waals surface area contributed by atoms with Crippen molar-refractivity contribution in [1.29, 1.82) is 0 Å². The van der Waals surface area contributed by atoms with Gasteiger partial charge in [0.1, 0.15) is 5.82 Å². The van der Waals surface area contributed by atoms with E-state index in [0.29, 0.717) is 11.8 Å². The number of H-pyrrole nitrogens is 1. The molecule has 0 spiro atoms. The van der Waals surface area contributed by atoms with Gasteiger partial charge < -0.3 is 9.88 Å². The van der Waals surface area contributed by atoms with Gasteiger partial charge in [0, 0.05) is 24.2 Å². The Kier molecular flexibility index (Phi) is 4.60. The van der Waals surface area contributed by atoms with Crippen LogP contribution in [-0.2, 0) is 4.79 Å². The largest absolute Gasteiger partial charge is 0.346 e. The minimum atomic E-state index is 0.0984. The number of rotatable bonds is 4.